The molecule has 3 aromatic rings. The fourth-order valence-corrected chi connectivity index (χ4v) is 4.46. The molecule has 0 saturated heterocycles. The fraction of sp³-hybridized carbons (Fsp3) is 0.455. The lowest BCUT2D eigenvalue weighted by atomic mass is 9.98. The first kappa shape index (κ1) is 27.0. The van der Waals surface area contributed by atoms with Crippen LogP contribution in [0.2, 0.25) is 0 Å². The molecule has 0 N–H and O–H groups in total. The third-order valence-corrected chi connectivity index (χ3v) is 7.05. The number of ether oxygens (including phenoxy) is 1. The van der Waals surface area contributed by atoms with Crippen LogP contribution in [0.15, 0.2) is 66.7 Å². The van der Waals surface area contributed by atoms with Gasteiger partial charge >= 0.3 is 0 Å². The van der Waals surface area contributed by atoms with Crippen LogP contribution < -0.4 is 4.74 Å². The molecule has 0 spiro atoms. The van der Waals surface area contributed by atoms with Gasteiger partial charge in [0.25, 0.3) is 0 Å². The van der Waals surface area contributed by atoms with Crippen molar-refractivity contribution in [2.45, 2.75) is 85.0 Å². The van der Waals surface area contributed by atoms with E-state index in [-0.39, 0.29) is 5.82 Å². The molecule has 0 aromatic heterocycles. The first-order valence-corrected chi connectivity index (χ1v) is 13.7. The Morgan fingerprint density at radius 1 is 0.714 bits per heavy atom. The summed E-state index contributed by atoms with van der Waals surface area (Å²) >= 11 is 0. The maximum Gasteiger partial charge on any atom is 0.131 e. The van der Waals surface area contributed by atoms with E-state index in [2.05, 4.69) is 45.0 Å². The van der Waals surface area contributed by atoms with Gasteiger partial charge in [-0.25, -0.2) is 4.39 Å². The van der Waals surface area contributed by atoms with Crippen LogP contribution in [0.5, 0.6) is 5.75 Å². The van der Waals surface area contributed by atoms with Crippen molar-refractivity contribution in [3.63, 3.8) is 0 Å². The Kier molecular flexibility index (Phi) is 11.3. The molecule has 0 unspecified atom stereocenters. The molecule has 2 heteroatoms. The second kappa shape index (κ2) is 14.7. The van der Waals surface area contributed by atoms with Gasteiger partial charge < -0.3 is 4.74 Å². The van der Waals surface area contributed by atoms with E-state index in [0.717, 1.165) is 47.8 Å². The maximum atomic E-state index is 15.0. The van der Waals surface area contributed by atoms with Gasteiger partial charge in [-0.2, -0.15) is 0 Å². The predicted octanol–water partition coefficient (Wildman–Crippen LogP) is 10.3. The molecule has 1 atom stereocenters. The molecule has 3 aromatic carbocycles. The van der Waals surface area contributed by atoms with Crippen molar-refractivity contribution in [2.75, 3.05) is 6.61 Å². The summed E-state index contributed by atoms with van der Waals surface area (Å²) in [6.07, 6.45) is 12.4. The van der Waals surface area contributed by atoms with Crippen LogP contribution in [0.4, 0.5) is 4.39 Å². The van der Waals surface area contributed by atoms with Crippen LogP contribution in [-0.4, -0.2) is 6.61 Å². The minimum Gasteiger partial charge on any atom is -0.494 e. The summed E-state index contributed by atoms with van der Waals surface area (Å²) in [4.78, 5) is 0. The third kappa shape index (κ3) is 8.84. The summed E-state index contributed by atoms with van der Waals surface area (Å²) in [6.45, 7) is 7.51. The van der Waals surface area contributed by atoms with Gasteiger partial charge in [0.05, 0.1) is 6.61 Å². The average Bonchev–Trinajstić information content (AvgIpc) is 2.89. The minimum atomic E-state index is -0.184. The lowest BCUT2D eigenvalue weighted by Crippen LogP contribution is -2.00. The van der Waals surface area contributed by atoms with E-state index >= 15 is 4.39 Å². The largest absolute Gasteiger partial charge is 0.494 e. The number of aryl methyl sites for hydroxylation is 1. The zero-order valence-electron chi connectivity index (χ0n) is 22.0. The third-order valence-electron chi connectivity index (χ3n) is 7.05. The van der Waals surface area contributed by atoms with Crippen LogP contribution in [0.1, 0.15) is 84.1 Å². The summed E-state index contributed by atoms with van der Waals surface area (Å²) in [7, 11) is 0. The van der Waals surface area contributed by atoms with Gasteiger partial charge in [-0.15, -0.1) is 0 Å². The standard InChI is InChI=1S/C33H43FO/c1-4-6-7-8-9-10-13-27-14-16-29(17-15-27)32-23-20-30(25-33(32)34)28-18-21-31(22-19-28)35-24-11-12-26(3)5-2/h14-23,25-26H,4-13,24H2,1-3H3/t26-/m0/s1. The summed E-state index contributed by atoms with van der Waals surface area (Å²) in [5.41, 5.74) is 4.80. The van der Waals surface area contributed by atoms with Crippen molar-refractivity contribution in [3.05, 3.63) is 78.1 Å². The molecule has 0 amide bonds. The predicted molar refractivity (Wildman–Crippen MR) is 149 cm³/mol. The van der Waals surface area contributed by atoms with E-state index in [9.17, 15) is 0 Å². The van der Waals surface area contributed by atoms with E-state index < -0.39 is 0 Å². The van der Waals surface area contributed by atoms with Gasteiger partial charge in [-0.05, 0) is 72.1 Å². The van der Waals surface area contributed by atoms with Crippen LogP contribution in [-0.2, 0) is 6.42 Å². The first-order valence-electron chi connectivity index (χ1n) is 13.7. The Morgan fingerprint density at radius 2 is 1.37 bits per heavy atom. The highest BCUT2D eigenvalue weighted by molar-refractivity contribution is 5.71. The summed E-state index contributed by atoms with van der Waals surface area (Å²) in [5, 5.41) is 0. The Bertz CT molecular complexity index is 991. The van der Waals surface area contributed by atoms with Crippen LogP contribution in [0, 0.1) is 11.7 Å². The Morgan fingerprint density at radius 3 is 2.06 bits per heavy atom. The van der Waals surface area contributed by atoms with Gasteiger partial charge in [0.2, 0.25) is 0 Å². The molecule has 188 valence electrons. The number of hydrogen-bond donors (Lipinski definition) is 0. The molecular formula is C33H43FO. The molecular weight excluding hydrogens is 431 g/mol. The number of hydrogen-bond acceptors (Lipinski definition) is 1. The van der Waals surface area contributed by atoms with E-state index in [1.807, 2.05) is 36.4 Å². The Balaban J connectivity index is 1.53. The van der Waals surface area contributed by atoms with Gasteiger partial charge in [-0.1, -0.05) is 108 Å². The van der Waals surface area contributed by atoms with Gasteiger partial charge in [0.15, 0.2) is 0 Å². The zero-order valence-corrected chi connectivity index (χ0v) is 22.0. The van der Waals surface area contributed by atoms with Crippen LogP contribution >= 0.6 is 0 Å². The molecule has 0 fully saturated rings. The molecule has 0 radical (unpaired) electrons. The van der Waals surface area contributed by atoms with Crippen molar-refractivity contribution >= 4 is 0 Å². The topological polar surface area (TPSA) is 9.23 Å². The van der Waals surface area contributed by atoms with E-state index in [4.69, 9.17) is 4.74 Å². The highest BCUT2D eigenvalue weighted by atomic mass is 19.1. The molecule has 0 bridgehead atoms. The Labute approximate surface area is 212 Å². The molecule has 3 rings (SSSR count). The smallest absolute Gasteiger partial charge is 0.131 e. The lowest BCUT2D eigenvalue weighted by Gasteiger charge is -2.11. The molecule has 0 aliphatic carbocycles. The van der Waals surface area contributed by atoms with Crippen molar-refractivity contribution in [3.8, 4) is 28.0 Å². The first-order chi connectivity index (χ1) is 17.1. The zero-order chi connectivity index (χ0) is 24.9. The minimum absolute atomic E-state index is 0.184. The summed E-state index contributed by atoms with van der Waals surface area (Å²) in [6, 6.07) is 21.9. The van der Waals surface area contributed by atoms with Crippen molar-refractivity contribution < 1.29 is 9.13 Å². The second-order valence-electron chi connectivity index (χ2n) is 9.94. The van der Waals surface area contributed by atoms with Crippen LogP contribution in [0.25, 0.3) is 22.3 Å². The number of rotatable bonds is 15. The quantitative estimate of drug-likeness (QED) is 0.199. The van der Waals surface area contributed by atoms with Gasteiger partial charge in [-0.3, -0.25) is 0 Å². The van der Waals surface area contributed by atoms with Gasteiger partial charge in [0.1, 0.15) is 11.6 Å². The summed E-state index contributed by atoms with van der Waals surface area (Å²) < 4.78 is 20.9. The van der Waals surface area contributed by atoms with Gasteiger partial charge in [0, 0.05) is 5.56 Å². The Hall–Kier alpha value is -2.61. The highest BCUT2D eigenvalue weighted by Crippen LogP contribution is 2.29. The SMILES string of the molecule is CCCCCCCCc1ccc(-c2ccc(-c3ccc(OCCC[C@@H](C)CC)cc3)cc2F)cc1. The monoisotopic (exact) mass is 474 g/mol. The number of halogens is 1. The van der Waals surface area contributed by atoms with Crippen molar-refractivity contribution in [2.24, 2.45) is 5.92 Å². The summed E-state index contributed by atoms with van der Waals surface area (Å²) in [5.74, 6) is 1.44. The molecule has 0 heterocycles. The van der Waals surface area contributed by atoms with E-state index in [1.165, 1.54) is 56.9 Å². The number of unbranched alkanes of at least 4 members (excludes halogenated alkanes) is 5. The maximum absolute atomic E-state index is 15.0. The number of benzene rings is 3. The normalized spacial score (nSPS) is 12.0. The fourth-order valence-electron chi connectivity index (χ4n) is 4.46. The molecule has 35 heavy (non-hydrogen) atoms. The molecule has 1 nitrogen and oxygen atoms in total. The molecule has 0 aliphatic heterocycles. The highest BCUT2D eigenvalue weighted by Gasteiger charge is 2.08. The van der Waals surface area contributed by atoms with E-state index in [1.54, 1.807) is 6.07 Å². The van der Waals surface area contributed by atoms with E-state index in [0.29, 0.717) is 5.56 Å². The molecule has 0 aliphatic rings. The average molecular weight is 475 g/mol. The second-order valence-corrected chi connectivity index (χ2v) is 9.94. The molecule has 0 saturated carbocycles. The van der Waals surface area contributed by atoms with Crippen molar-refractivity contribution in [1.29, 1.82) is 0 Å². The lowest BCUT2D eigenvalue weighted by molar-refractivity contribution is 0.294. The van der Waals surface area contributed by atoms with Crippen LogP contribution in [0.3, 0.4) is 0 Å². The van der Waals surface area contributed by atoms with Crippen molar-refractivity contribution in [1.82, 2.24) is 0 Å².